The minimum atomic E-state index is 0.609. The van der Waals surface area contributed by atoms with Gasteiger partial charge in [0.15, 0.2) is 17.5 Å². The SMILES string of the molecule is c1ccc(-c2ccccc2-c2cccc(-c3ccc(-c4nc(-c5ccc(-c6cccc7ccccc67)cc5)nc(-c5cccc(-c6ccc(-c7ccc8ccccc8c7)cc6)c5)n4)cc3)c2)nc1. The summed E-state index contributed by atoms with van der Waals surface area (Å²) in [5.41, 5.74) is 16.2. The molecule has 0 atom stereocenters. The molecule has 0 saturated carbocycles. The summed E-state index contributed by atoms with van der Waals surface area (Å²) in [6, 6.07) is 87.7. The van der Waals surface area contributed by atoms with Crippen LogP contribution in [0.1, 0.15) is 0 Å². The van der Waals surface area contributed by atoms with E-state index in [0.29, 0.717) is 17.5 Å². The van der Waals surface area contributed by atoms with Gasteiger partial charge in [0.1, 0.15) is 0 Å². The fourth-order valence-electron chi connectivity index (χ4n) is 9.26. The molecule has 0 unspecified atom stereocenters. The van der Waals surface area contributed by atoms with Gasteiger partial charge in [0.25, 0.3) is 0 Å². The number of hydrogen-bond donors (Lipinski definition) is 0. The number of rotatable bonds is 9. The van der Waals surface area contributed by atoms with Gasteiger partial charge in [0.05, 0.1) is 5.69 Å². The number of aromatic nitrogens is 4. The first-order valence-corrected chi connectivity index (χ1v) is 22.9. The molecule has 4 heteroatoms. The third kappa shape index (κ3) is 8.01. The van der Waals surface area contributed by atoms with E-state index in [1.165, 1.54) is 38.2 Å². The maximum absolute atomic E-state index is 5.18. The first kappa shape index (κ1) is 40.4. The summed E-state index contributed by atoms with van der Waals surface area (Å²) in [4.78, 5) is 20.2. The summed E-state index contributed by atoms with van der Waals surface area (Å²) >= 11 is 0. The third-order valence-electron chi connectivity index (χ3n) is 12.8. The van der Waals surface area contributed by atoms with Crippen molar-refractivity contribution in [1.29, 1.82) is 0 Å². The summed E-state index contributed by atoms with van der Waals surface area (Å²) in [6.07, 6.45) is 1.84. The number of benzene rings is 10. The molecule has 68 heavy (non-hydrogen) atoms. The highest BCUT2D eigenvalue weighted by molar-refractivity contribution is 5.97. The van der Waals surface area contributed by atoms with E-state index in [1.54, 1.807) is 0 Å². The highest BCUT2D eigenvalue weighted by atomic mass is 15.0. The minimum absolute atomic E-state index is 0.609. The predicted molar refractivity (Wildman–Crippen MR) is 282 cm³/mol. The summed E-state index contributed by atoms with van der Waals surface area (Å²) in [6.45, 7) is 0. The predicted octanol–water partition coefficient (Wildman–Crippen LogP) is 16.6. The number of nitrogens with zero attached hydrogens (tertiary/aromatic N) is 4. The zero-order valence-electron chi connectivity index (χ0n) is 37.0. The fourth-order valence-corrected chi connectivity index (χ4v) is 9.26. The molecule has 12 rings (SSSR count). The van der Waals surface area contributed by atoms with E-state index in [4.69, 9.17) is 15.0 Å². The lowest BCUT2D eigenvalue weighted by atomic mass is 9.94. The van der Waals surface area contributed by atoms with Crippen LogP contribution in [0.2, 0.25) is 0 Å². The van der Waals surface area contributed by atoms with E-state index in [9.17, 15) is 0 Å². The molecule has 2 aromatic heterocycles. The Balaban J connectivity index is 0.898. The van der Waals surface area contributed by atoms with E-state index >= 15 is 0 Å². The largest absolute Gasteiger partial charge is 0.256 e. The molecule has 0 aliphatic heterocycles. The maximum Gasteiger partial charge on any atom is 0.164 e. The van der Waals surface area contributed by atoms with Gasteiger partial charge in [0.2, 0.25) is 0 Å². The highest BCUT2D eigenvalue weighted by Crippen LogP contribution is 2.36. The summed E-state index contributed by atoms with van der Waals surface area (Å²) in [5, 5.41) is 4.92. The number of pyridine rings is 1. The van der Waals surface area contributed by atoms with Crippen molar-refractivity contribution in [2.45, 2.75) is 0 Å². The second-order valence-corrected chi connectivity index (χ2v) is 17.0. The van der Waals surface area contributed by atoms with Crippen molar-refractivity contribution in [3.63, 3.8) is 0 Å². The van der Waals surface area contributed by atoms with Crippen LogP contribution in [-0.2, 0) is 0 Å². The van der Waals surface area contributed by atoms with Crippen LogP contribution in [0, 0.1) is 0 Å². The molecule has 4 nitrogen and oxygen atoms in total. The Morgan fingerprint density at radius 2 is 0.662 bits per heavy atom. The average molecular weight is 867 g/mol. The molecule has 0 amide bonds. The average Bonchev–Trinajstić information content (AvgIpc) is 3.43. The van der Waals surface area contributed by atoms with Gasteiger partial charge in [-0.1, -0.05) is 218 Å². The number of hydrogen-bond acceptors (Lipinski definition) is 4. The van der Waals surface area contributed by atoms with Gasteiger partial charge in [-0.2, -0.15) is 0 Å². The molecule has 2 heterocycles. The van der Waals surface area contributed by atoms with Gasteiger partial charge in [-0.15, -0.1) is 0 Å². The molecular formula is C64H42N4. The van der Waals surface area contributed by atoms with Gasteiger partial charge in [-0.3, -0.25) is 4.98 Å². The van der Waals surface area contributed by atoms with Crippen molar-refractivity contribution < 1.29 is 0 Å². The van der Waals surface area contributed by atoms with Crippen LogP contribution in [0.3, 0.4) is 0 Å². The molecule has 0 aliphatic carbocycles. The third-order valence-corrected chi connectivity index (χ3v) is 12.8. The Bertz CT molecular complexity index is 3760. The van der Waals surface area contributed by atoms with Crippen molar-refractivity contribution in [3.05, 3.63) is 255 Å². The van der Waals surface area contributed by atoms with Gasteiger partial charge in [0, 0.05) is 28.5 Å². The first-order valence-electron chi connectivity index (χ1n) is 22.9. The monoisotopic (exact) mass is 866 g/mol. The molecule has 0 spiro atoms. The Labute approximate surface area is 395 Å². The Kier molecular flexibility index (Phi) is 10.5. The van der Waals surface area contributed by atoms with Gasteiger partial charge in [-0.05, 0) is 108 Å². The van der Waals surface area contributed by atoms with Gasteiger partial charge in [-0.25, -0.2) is 15.0 Å². The zero-order chi connectivity index (χ0) is 45.2. The molecule has 0 radical (unpaired) electrons. The second kappa shape index (κ2) is 17.7. The van der Waals surface area contributed by atoms with Crippen LogP contribution in [0.15, 0.2) is 255 Å². The molecule has 10 aromatic carbocycles. The highest BCUT2D eigenvalue weighted by Gasteiger charge is 2.16. The lowest BCUT2D eigenvalue weighted by molar-refractivity contribution is 1.07. The molecule has 12 aromatic rings. The lowest BCUT2D eigenvalue weighted by Gasteiger charge is -2.12. The van der Waals surface area contributed by atoms with Gasteiger partial charge < -0.3 is 0 Å². The zero-order valence-corrected chi connectivity index (χ0v) is 37.0. The Morgan fingerprint density at radius 3 is 1.32 bits per heavy atom. The van der Waals surface area contributed by atoms with E-state index < -0.39 is 0 Å². The number of fused-ring (bicyclic) bond motifs is 2. The quantitative estimate of drug-likeness (QED) is 0.145. The van der Waals surface area contributed by atoms with Crippen LogP contribution in [-0.4, -0.2) is 19.9 Å². The standard InChI is InChI=1S/C64H42N4/c1-2-14-51-40-54(38-31-43(51)12-1)46-27-25-44(26-28-46)53-17-10-19-56(42-53)64-67-62(66-63(68-64)50-36-32-48(33-37-50)58-23-11-15-47-13-3-4-20-57(47)58)49-34-29-45(30-35-49)52-16-9-18-55(41-52)59-21-5-6-22-60(59)61-24-7-8-39-65-61/h1-42H. The lowest BCUT2D eigenvalue weighted by Crippen LogP contribution is -2.00. The van der Waals surface area contributed by atoms with Crippen LogP contribution >= 0.6 is 0 Å². The molecular weight excluding hydrogens is 825 g/mol. The van der Waals surface area contributed by atoms with Crippen molar-refractivity contribution in [2.75, 3.05) is 0 Å². The molecule has 0 saturated heterocycles. The summed E-state index contributed by atoms with van der Waals surface area (Å²) in [5.74, 6) is 1.84. The summed E-state index contributed by atoms with van der Waals surface area (Å²) in [7, 11) is 0. The Morgan fingerprint density at radius 1 is 0.221 bits per heavy atom. The summed E-state index contributed by atoms with van der Waals surface area (Å²) < 4.78 is 0. The minimum Gasteiger partial charge on any atom is -0.256 e. The van der Waals surface area contributed by atoms with Crippen molar-refractivity contribution in [1.82, 2.24) is 19.9 Å². The van der Waals surface area contributed by atoms with Crippen LogP contribution in [0.5, 0.6) is 0 Å². The molecule has 0 aliphatic rings. The normalized spacial score (nSPS) is 11.2. The van der Waals surface area contributed by atoms with Crippen LogP contribution < -0.4 is 0 Å². The van der Waals surface area contributed by atoms with Crippen molar-refractivity contribution in [2.24, 2.45) is 0 Å². The van der Waals surface area contributed by atoms with E-state index in [1.807, 2.05) is 18.3 Å². The molecule has 0 fully saturated rings. The fraction of sp³-hybridized carbons (Fsp3) is 0. The van der Waals surface area contributed by atoms with E-state index in [-0.39, 0.29) is 0 Å². The second-order valence-electron chi connectivity index (χ2n) is 17.0. The molecule has 0 bridgehead atoms. The van der Waals surface area contributed by atoms with E-state index in [0.717, 1.165) is 66.9 Å². The molecule has 0 N–H and O–H groups in total. The van der Waals surface area contributed by atoms with E-state index in [2.05, 4.69) is 242 Å². The van der Waals surface area contributed by atoms with Crippen molar-refractivity contribution in [3.8, 4) is 101 Å². The van der Waals surface area contributed by atoms with Crippen LogP contribution in [0.4, 0.5) is 0 Å². The molecule has 318 valence electrons. The Hall–Kier alpha value is -9.12. The van der Waals surface area contributed by atoms with Crippen LogP contribution in [0.25, 0.3) is 123 Å². The smallest absolute Gasteiger partial charge is 0.164 e. The topological polar surface area (TPSA) is 51.6 Å². The maximum atomic E-state index is 5.18. The first-order chi connectivity index (χ1) is 33.7. The van der Waals surface area contributed by atoms with Gasteiger partial charge >= 0.3 is 0 Å². The van der Waals surface area contributed by atoms with Crippen molar-refractivity contribution >= 4 is 21.5 Å².